The lowest BCUT2D eigenvalue weighted by Gasteiger charge is -2.27. The van der Waals surface area contributed by atoms with Gasteiger partial charge in [-0.1, -0.05) is 29.8 Å². The molecule has 0 saturated carbocycles. The number of sulfonamides is 1. The van der Waals surface area contributed by atoms with E-state index in [0.717, 1.165) is 29.8 Å². The topological polar surface area (TPSA) is 46.6 Å². The van der Waals surface area contributed by atoms with E-state index in [9.17, 15) is 30.4 Å². The Kier molecular flexibility index (Phi) is 5.48. The van der Waals surface area contributed by atoms with Gasteiger partial charge in [-0.3, -0.25) is 0 Å². The molecule has 0 amide bonds. The number of nitrogens with zero attached hydrogens (tertiary/aromatic N) is 1. The van der Waals surface area contributed by atoms with Crippen molar-refractivity contribution in [1.29, 1.82) is 0 Å². The molecule has 1 saturated heterocycles. The quantitative estimate of drug-likeness (QED) is 0.689. The highest BCUT2D eigenvalue weighted by Gasteiger charge is 2.48. The lowest BCUT2D eigenvalue weighted by Crippen LogP contribution is -2.42. The largest absolute Gasteiger partial charge is 0.416 e. The first-order valence-corrected chi connectivity index (χ1v) is 9.63. The number of hydrogen-bond donors (Lipinski definition) is 0. The van der Waals surface area contributed by atoms with Crippen LogP contribution < -0.4 is 0 Å². The van der Waals surface area contributed by atoms with Crippen LogP contribution in [0.2, 0.25) is 0 Å². The van der Waals surface area contributed by atoms with Crippen LogP contribution in [0.1, 0.15) is 22.9 Å². The van der Waals surface area contributed by atoms with Crippen LogP contribution in [-0.2, 0) is 20.9 Å². The zero-order chi connectivity index (χ0) is 20.7. The summed E-state index contributed by atoms with van der Waals surface area (Å²) in [5.41, 5.74) is -0.124. The number of ether oxygens (including phenoxy) is 1. The van der Waals surface area contributed by atoms with Gasteiger partial charge < -0.3 is 4.74 Å². The molecule has 1 aliphatic rings. The first kappa shape index (κ1) is 20.7. The van der Waals surface area contributed by atoms with Gasteiger partial charge in [0.15, 0.2) is 6.23 Å². The summed E-state index contributed by atoms with van der Waals surface area (Å²) >= 11 is 0. The van der Waals surface area contributed by atoms with Crippen LogP contribution in [0.15, 0.2) is 53.4 Å². The van der Waals surface area contributed by atoms with Crippen LogP contribution in [0.4, 0.5) is 22.0 Å². The van der Waals surface area contributed by atoms with Gasteiger partial charge in [0.1, 0.15) is 6.04 Å². The van der Waals surface area contributed by atoms with Crippen molar-refractivity contribution in [2.45, 2.75) is 36.7 Å². The van der Waals surface area contributed by atoms with Gasteiger partial charge in [0.05, 0.1) is 17.1 Å². The highest BCUT2D eigenvalue weighted by atomic mass is 32.2. The standard InChI is InChI=1S/C18H16F5NO3S/c1-11-2-8-14(9-3-11)28(25,26)24-15(16(19)20)10-27-17(24)12-4-6-13(7-5-12)18(21,22)23/h2-9,15-17H,10H2,1H3. The number of halogens is 5. The summed E-state index contributed by atoms with van der Waals surface area (Å²) in [7, 11) is -4.38. The third-order valence-electron chi connectivity index (χ3n) is 4.39. The van der Waals surface area contributed by atoms with Crippen LogP contribution in [0.25, 0.3) is 0 Å². The van der Waals surface area contributed by atoms with E-state index < -0.39 is 47.1 Å². The summed E-state index contributed by atoms with van der Waals surface area (Å²) < 4.78 is 97.0. The molecule has 2 aromatic rings. The monoisotopic (exact) mass is 421 g/mol. The molecule has 2 atom stereocenters. The lowest BCUT2D eigenvalue weighted by molar-refractivity contribution is -0.137. The summed E-state index contributed by atoms with van der Waals surface area (Å²) in [6.45, 7) is 1.16. The van der Waals surface area contributed by atoms with Crippen molar-refractivity contribution < 1.29 is 35.1 Å². The second-order valence-corrected chi connectivity index (χ2v) is 8.20. The fraction of sp³-hybridized carbons (Fsp3) is 0.333. The first-order chi connectivity index (χ1) is 13.0. The Morgan fingerprint density at radius 2 is 1.61 bits per heavy atom. The maximum atomic E-state index is 13.5. The molecule has 3 rings (SSSR count). The summed E-state index contributed by atoms with van der Waals surface area (Å²) in [6, 6.07) is 7.43. The molecular weight excluding hydrogens is 405 g/mol. The predicted molar refractivity (Wildman–Crippen MR) is 90.1 cm³/mol. The van der Waals surface area contributed by atoms with E-state index in [0.29, 0.717) is 4.31 Å². The van der Waals surface area contributed by atoms with E-state index in [1.807, 2.05) is 0 Å². The smallest absolute Gasteiger partial charge is 0.356 e. The van der Waals surface area contributed by atoms with Crippen molar-refractivity contribution in [3.05, 3.63) is 65.2 Å². The summed E-state index contributed by atoms with van der Waals surface area (Å²) in [5, 5.41) is 0. The Hall–Kier alpha value is -2.04. The van der Waals surface area contributed by atoms with E-state index in [-0.39, 0.29) is 10.5 Å². The number of benzene rings is 2. The van der Waals surface area contributed by atoms with Crippen molar-refractivity contribution in [3.63, 3.8) is 0 Å². The highest BCUT2D eigenvalue weighted by molar-refractivity contribution is 7.89. The van der Waals surface area contributed by atoms with Crippen LogP contribution in [0, 0.1) is 6.92 Å². The minimum atomic E-state index is -4.58. The van der Waals surface area contributed by atoms with Gasteiger partial charge in [-0.15, -0.1) is 0 Å². The molecule has 28 heavy (non-hydrogen) atoms. The predicted octanol–water partition coefficient (Wildman–Crippen LogP) is 4.37. The Labute approximate surface area is 158 Å². The third kappa shape index (κ3) is 3.89. The zero-order valence-electron chi connectivity index (χ0n) is 14.5. The minimum absolute atomic E-state index is 0.0341. The second kappa shape index (κ2) is 7.41. The lowest BCUT2D eigenvalue weighted by atomic mass is 10.1. The molecule has 1 fully saturated rings. The number of rotatable bonds is 4. The Morgan fingerprint density at radius 1 is 1.04 bits per heavy atom. The van der Waals surface area contributed by atoms with Crippen LogP contribution in [0.3, 0.4) is 0 Å². The number of alkyl halides is 5. The normalized spacial score (nSPS) is 21.4. The Balaban J connectivity index is 2.02. The first-order valence-electron chi connectivity index (χ1n) is 8.19. The SMILES string of the molecule is Cc1ccc(S(=O)(=O)N2C(c3ccc(C(F)(F)F)cc3)OCC2C(F)F)cc1. The third-order valence-corrected chi connectivity index (χ3v) is 6.28. The summed E-state index contributed by atoms with van der Waals surface area (Å²) in [5.74, 6) is 0. The van der Waals surface area contributed by atoms with Crippen molar-refractivity contribution in [2.24, 2.45) is 0 Å². The molecule has 0 aliphatic carbocycles. The number of hydrogen-bond acceptors (Lipinski definition) is 3. The minimum Gasteiger partial charge on any atom is -0.356 e. The molecule has 2 aromatic carbocycles. The van der Waals surface area contributed by atoms with Crippen LogP contribution >= 0.6 is 0 Å². The molecule has 0 N–H and O–H groups in total. The maximum Gasteiger partial charge on any atom is 0.416 e. The van der Waals surface area contributed by atoms with Crippen molar-refractivity contribution in [1.82, 2.24) is 4.31 Å². The molecule has 2 unspecified atom stereocenters. The fourth-order valence-corrected chi connectivity index (χ4v) is 4.58. The molecule has 1 heterocycles. The maximum absolute atomic E-state index is 13.5. The van der Waals surface area contributed by atoms with Gasteiger partial charge >= 0.3 is 6.18 Å². The van der Waals surface area contributed by atoms with Crippen molar-refractivity contribution >= 4 is 10.0 Å². The fourth-order valence-electron chi connectivity index (χ4n) is 2.91. The average molecular weight is 421 g/mol. The van der Waals surface area contributed by atoms with Crippen LogP contribution in [0.5, 0.6) is 0 Å². The second-order valence-electron chi connectivity index (χ2n) is 6.36. The van der Waals surface area contributed by atoms with E-state index in [1.165, 1.54) is 24.3 Å². The van der Waals surface area contributed by atoms with Gasteiger partial charge in [0.25, 0.3) is 6.43 Å². The summed E-state index contributed by atoms with van der Waals surface area (Å²) in [6.07, 6.45) is -9.05. The van der Waals surface area contributed by atoms with Crippen molar-refractivity contribution in [3.8, 4) is 0 Å². The van der Waals surface area contributed by atoms with E-state index >= 15 is 0 Å². The van der Waals surface area contributed by atoms with Gasteiger partial charge in [-0.2, -0.15) is 17.5 Å². The van der Waals surface area contributed by atoms with Gasteiger partial charge in [0, 0.05) is 0 Å². The van der Waals surface area contributed by atoms with E-state index in [2.05, 4.69) is 0 Å². The van der Waals surface area contributed by atoms with Gasteiger partial charge in [-0.25, -0.2) is 17.2 Å². The Bertz CT molecular complexity index is 927. The molecule has 152 valence electrons. The number of aryl methyl sites for hydroxylation is 1. The molecule has 0 radical (unpaired) electrons. The zero-order valence-corrected chi connectivity index (χ0v) is 15.3. The summed E-state index contributed by atoms with van der Waals surface area (Å²) in [4.78, 5) is -0.203. The molecule has 0 spiro atoms. The molecule has 1 aliphatic heterocycles. The van der Waals surface area contributed by atoms with E-state index in [4.69, 9.17) is 4.74 Å². The molecule has 0 bridgehead atoms. The van der Waals surface area contributed by atoms with Gasteiger partial charge in [0.2, 0.25) is 10.0 Å². The molecular formula is C18H16F5NO3S. The van der Waals surface area contributed by atoms with Gasteiger partial charge in [-0.05, 0) is 36.8 Å². The highest BCUT2D eigenvalue weighted by Crippen LogP contribution is 2.39. The molecule has 4 nitrogen and oxygen atoms in total. The molecule has 0 aromatic heterocycles. The Morgan fingerprint density at radius 3 is 2.11 bits per heavy atom. The van der Waals surface area contributed by atoms with Crippen molar-refractivity contribution in [2.75, 3.05) is 6.61 Å². The van der Waals surface area contributed by atoms with Crippen LogP contribution in [-0.4, -0.2) is 31.8 Å². The average Bonchev–Trinajstić information content (AvgIpc) is 3.08. The van der Waals surface area contributed by atoms with E-state index in [1.54, 1.807) is 6.92 Å². The molecule has 10 heteroatoms.